The van der Waals surface area contributed by atoms with Gasteiger partial charge in [-0.3, -0.25) is 4.99 Å². The molecule has 0 aliphatic carbocycles. The minimum Gasteiger partial charge on any atom is -0.480 e. The van der Waals surface area contributed by atoms with Crippen molar-refractivity contribution in [3.8, 4) is 5.75 Å². The highest BCUT2D eigenvalue weighted by Gasteiger charge is 2.22. The molecule has 0 fully saturated rings. The zero-order valence-corrected chi connectivity index (χ0v) is 10.4. The molecule has 0 N–H and O–H groups in total. The van der Waals surface area contributed by atoms with Gasteiger partial charge in [0.05, 0.1) is 0 Å². The van der Waals surface area contributed by atoms with E-state index in [1.165, 1.54) is 5.56 Å². The highest BCUT2D eigenvalue weighted by molar-refractivity contribution is 5.77. The number of rotatable bonds is 2. The molecular formula is C14H19NO. The van der Waals surface area contributed by atoms with Crippen LogP contribution in [0.2, 0.25) is 0 Å². The number of nitrogens with zero attached hydrogens (tertiary/aromatic N) is 1. The fourth-order valence-electron chi connectivity index (χ4n) is 1.88. The third-order valence-electron chi connectivity index (χ3n) is 2.55. The third kappa shape index (κ3) is 2.43. The SMILES string of the molecule is CC(C)Cc1ccc2c(c1)N=CC(C)(C)O2. The molecule has 86 valence electrons. The summed E-state index contributed by atoms with van der Waals surface area (Å²) in [7, 11) is 0. The van der Waals surface area contributed by atoms with E-state index in [0.29, 0.717) is 5.92 Å². The predicted octanol–water partition coefficient (Wildman–Crippen LogP) is 3.76. The molecule has 0 aromatic heterocycles. The molecule has 16 heavy (non-hydrogen) atoms. The maximum absolute atomic E-state index is 5.83. The molecule has 2 rings (SSSR count). The first-order valence-electron chi connectivity index (χ1n) is 5.83. The summed E-state index contributed by atoms with van der Waals surface area (Å²) in [4.78, 5) is 4.46. The van der Waals surface area contributed by atoms with Gasteiger partial charge >= 0.3 is 0 Å². The van der Waals surface area contributed by atoms with Gasteiger partial charge in [-0.1, -0.05) is 19.9 Å². The molecule has 1 aromatic rings. The molecule has 0 radical (unpaired) electrons. The van der Waals surface area contributed by atoms with Crippen molar-refractivity contribution < 1.29 is 4.74 Å². The Hall–Kier alpha value is -1.31. The van der Waals surface area contributed by atoms with Gasteiger partial charge in [0.25, 0.3) is 0 Å². The van der Waals surface area contributed by atoms with Gasteiger partial charge < -0.3 is 4.74 Å². The van der Waals surface area contributed by atoms with Gasteiger partial charge in [0.2, 0.25) is 0 Å². The van der Waals surface area contributed by atoms with Crippen LogP contribution in [0.25, 0.3) is 0 Å². The molecule has 0 unspecified atom stereocenters. The monoisotopic (exact) mass is 217 g/mol. The molecule has 1 heterocycles. The van der Waals surface area contributed by atoms with Crippen molar-refractivity contribution in [2.45, 2.75) is 39.7 Å². The summed E-state index contributed by atoms with van der Waals surface area (Å²) >= 11 is 0. The Balaban J connectivity index is 2.28. The molecule has 1 aliphatic rings. The number of fused-ring (bicyclic) bond motifs is 1. The molecule has 0 amide bonds. The first-order chi connectivity index (χ1) is 7.46. The highest BCUT2D eigenvalue weighted by atomic mass is 16.5. The fraction of sp³-hybridized carbons (Fsp3) is 0.500. The molecule has 0 saturated heterocycles. The summed E-state index contributed by atoms with van der Waals surface area (Å²) in [5.74, 6) is 1.56. The molecule has 0 bridgehead atoms. The number of aliphatic imine (C=N–C) groups is 1. The van der Waals surface area contributed by atoms with Gasteiger partial charge in [-0.05, 0) is 43.9 Å². The lowest BCUT2D eigenvalue weighted by molar-refractivity contribution is 0.184. The summed E-state index contributed by atoms with van der Waals surface area (Å²) < 4.78 is 5.83. The second-order valence-corrected chi connectivity index (χ2v) is 5.36. The van der Waals surface area contributed by atoms with Crippen LogP contribution in [0.3, 0.4) is 0 Å². The Bertz CT molecular complexity index is 419. The van der Waals surface area contributed by atoms with E-state index in [4.69, 9.17) is 4.74 Å². The highest BCUT2D eigenvalue weighted by Crippen LogP contribution is 2.35. The topological polar surface area (TPSA) is 21.6 Å². The van der Waals surface area contributed by atoms with E-state index in [1.807, 2.05) is 26.1 Å². The summed E-state index contributed by atoms with van der Waals surface area (Å²) in [5, 5.41) is 0. The average Bonchev–Trinajstić information content (AvgIpc) is 2.16. The van der Waals surface area contributed by atoms with Crippen LogP contribution in [0.15, 0.2) is 23.2 Å². The van der Waals surface area contributed by atoms with E-state index >= 15 is 0 Å². The van der Waals surface area contributed by atoms with Gasteiger partial charge in [0.1, 0.15) is 17.0 Å². The van der Waals surface area contributed by atoms with Gasteiger partial charge in [-0.15, -0.1) is 0 Å². The maximum atomic E-state index is 5.83. The van der Waals surface area contributed by atoms with E-state index in [9.17, 15) is 0 Å². The molecule has 2 heteroatoms. The van der Waals surface area contributed by atoms with Crippen molar-refractivity contribution in [3.05, 3.63) is 23.8 Å². The second-order valence-electron chi connectivity index (χ2n) is 5.36. The van der Waals surface area contributed by atoms with Crippen LogP contribution in [0.1, 0.15) is 33.3 Å². The zero-order chi connectivity index (χ0) is 11.8. The molecular weight excluding hydrogens is 198 g/mol. The summed E-state index contributed by atoms with van der Waals surface area (Å²) in [6.07, 6.45) is 2.96. The predicted molar refractivity (Wildman–Crippen MR) is 67.8 cm³/mol. The van der Waals surface area contributed by atoms with Crippen molar-refractivity contribution in [1.82, 2.24) is 0 Å². The Labute approximate surface area is 97.4 Å². The largest absolute Gasteiger partial charge is 0.480 e. The molecule has 1 aromatic carbocycles. The average molecular weight is 217 g/mol. The number of hydrogen-bond acceptors (Lipinski definition) is 2. The van der Waals surface area contributed by atoms with Crippen molar-refractivity contribution in [2.75, 3.05) is 0 Å². The second kappa shape index (κ2) is 3.93. The van der Waals surface area contributed by atoms with Gasteiger partial charge in [-0.25, -0.2) is 0 Å². The van der Waals surface area contributed by atoms with Crippen LogP contribution >= 0.6 is 0 Å². The summed E-state index contributed by atoms with van der Waals surface area (Å²) in [5.41, 5.74) is 2.00. The van der Waals surface area contributed by atoms with E-state index in [1.54, 1.807) is 0 Å². The van der Waals surface area contributed by atoms with Crippen LogP contribution in [0.5, 0.6) is 5.75 Å². The third-order valence-corrected chi connectivity index (χ3v) is 2.55. The molecule has 0 spiro atoms. The first kappa shape index (κ1) is 11.2. The van der Waals surface area contributed by atoms with Crippen LogP contribution in [0, 0.1) is 5.92 Å². The first-order valence-corrected chi connectivity index (χ1v) is 5.83. The Morgan fingerprint density at radius 1 is 1.31 bits per heavy atom. The lowest BCUT2D eigenvalue weighted by atomic mass is 10.0. The van der Waals surface area contributed by atoms with E-state index in [-0.39, 0.29) is 5.60 Å². The van der Waals surface area contributed by atoms with E-state index < -0.39 is 0 Å². The van der Waals surface area contributed by atoms with E-state index in [2.05, 4.69) is 31.0 Å². The van der Waals surface area contributed by atoms with Crippen molar-refractivity contribution >= 4 is 11.9 Å². The quantitative estimate of drug-likeness (QED) is 0.739. The Kier molecular flexibility index (Phi) is 2.75. The van der Waals surface area contributed by atoms with Crippen LogP contribution in [-0.2, 0) is 6.42 Å². The minimum absolute atomic E-state index is 0.285. The van der Waals surface area contributed by atoms with Crippen molar-refractivity contribution in [1.29, 1.82) is 0 Å². The number of hydrogen-bond donors (Lipinski definition) is 0. The van der Waals surface area contributed by atoms with Crippen molar-refractivity contribution in [3.63, 3.8) is 0 Å². The standard InChI is InChI=1S/C14H19NO/c1-10(2)7-11-5-6-13-12(8-11)15-9-14(3,4)16-13/h5-6,8-10H,7H2,1-4H3. The zero-order valence-electron chi connectivity index (χ0n) is 10.4. The van der Waals surface area contributed by atoms with Gasteiger partial charge in [-0.2, -0.15) is 0 Å². The smallest absolute Gasteiger partial charge is 0.146 e. The lowest BCUT2D eigenvalue weighted by Gasteiger charge is -2.27. The summed E-state index contributed by atoms with van der Waals surface area (Å²) in [6.45, 7) is 8.48. The van der Waals surface area contributed by atoms with Crippen LogP contribution in [0.4, 0.5) is 5.69 Å². The summed E-state index contributed by atoms with van der Waals surface area (Å²) in [6, 6.07) is 6.29. The molecule has 2 nitrogen and oxygen atoms in total. The normalized spacial score (nSPS) is 17.1. The molecule has 0 saturated carbocycles. The Morgan fingerprint density at radius 3 is 2.75 bits per heavy atom. The molecule has 0 atom stereocenters. The van der Waals surface area contributed by atoms with Crippen LogP contribution < -0.4 is 4.74 Å². The van der Waals surface area contributed by atoms with Crippen LogP contribution in [-0.4, -0.2) is 11.8 Å². The fourth-order valence-corrected chi connectivity index (χ4v) is 1.88. The van der Waals surface area contributed by atoms with Gasteiger partial charge in [0, 0.05) is 6.21 Å². The minimum atomic E-state index is -0.285. The Morgan fingerprint density at radius 2 is 2.06 bits per heavy atom. The van der Waals surface area contributed by atoms with Gasteiger partial charge in [0.15, 0.2) is 0 Å². The van der Waals surface area contributed by atoms with Crippen molar-refractivity contribution in [2.24, 2.45) is 10.9 Å². The lowest BCUT2D eigenvalue weighted by Crippen LogP contribution is -2.31. The number of ether oxygens (including phenoxy) is 1. The maximum Gasteiger partial charge on any atom is 0.146 e. The van der Waals surface area contributed by atoms with E-state index in [0.717, 1.165) is 17.9 Å². The molecule has 1 aliphatic heterocycles. The number of benzene rings is 1.